The van der Waals surface area contributed by atoms with E-state index in [2.05, 4.69) is 20.3 Å². The molecule has 3 rings (SSSR count). The Morgan fingerprint density at radius 2 is 2.38 bits per heavy atom. The summed E-state index contributed by atoms with van der Waals surface area (Å²) in [5, 5.41) is 3.39. The van der Waals surface area contributed by atoms with Crippen LogP contribution in [0.5, 0.6) is 0 Å². The lowest BCUT2D eigenvalue weighted by Gasteiger charge is -2.22. The van der Waals surface area contributed by atoms with E-state index in [1.807, 2.05) is 6.07 Å². The number of nitrogens with zero attached hydrogens (tertiary/aromatic N) is 2. The Kier molecular flexibility index (Phi) is 2.25. The molecule has 0 aliphatic carbocycles. The number of piperidine rings is 1. The quantitative estimate of drug-likeness (QED) is 0.666. The van der Waals surface area contributed by atoms with Gasteiger partial charge in [-0.1, -0.05) is 0 Å². The summed E-state index contributed by atoms with van der Waals surface area (Å²) in [6.07, 6.45) is 4.05. The molecule has 84 valence electrons. The summed E-state index contributed by atoms with van der Waals surface area (Å²) in [7, 11) is 0. The first kappa shape index (κ1) is 9.59. The third-order valence-electron chi connectivity index (χ3n) is 3.14. The maximum Gasteiger partial charge on any atom is 0.125 e. The van der Waals surface area contributed by atoms with E-state index < -0.39 is 0 Å². The molecule has 1 aliphatic heterocycles. The van der Waals surface area contributed by atoms with Gasteiger partial charge in [0.15, 0.2) is 0 Å². The monoisotopic (exact) mass is 217 g/mol. The van der Waals surface area contributed by atoms with E-state index in [1.165, 1.54) is 6.42 Å². The molecule has 1 atom stereocenters. The normalized spacial score (nSPS) is 21.4. The smallest absolute Gasteiger partial charge is 0.125 e. The van der Waals surface area contributed by atoms with E-state index in [9.17, 15) is 0 Å². The van der Waals surface area contributed by atoms with Gasteiger partial charge in [-0.15, -0.1) is 0 Å². The van der Waals surface area contributed by atoms with Crippen molar-refractivity contribution in [1.29, 1.82) is 0 Å². The van der Waals surface area contributed by atoms with E-state index in [1.54, 1.807) is 6.33 Å². The number of nitrogens with one attached hydrogen (secondary N) is 2. The SMILES string of the molecule is Nc1cc2[nH]cnc2c(C2CCCNC2)n1. The van der Waals surface area contributed by atoms with Gasteiger partial charge in [0.05, 0.1) is 17.5 Å². The highest BCUT2D eigenvalue weighted by Gasteiger charge is 2.20. The first-order valence-corrected chi connectivity index (χ1v) is 5.65. The highest BCUT2D eigenvalue weighted by atomic mass is 14.9. The summed E-state index contributed by atoms with van der Waals surface area (Å²) in [6, 6.07) is 1.84. The minimum absolute atomic E-state index is 0.433. The fourth-order valence-electron chi connectivity index (χ4n) is 2.36. The molecule has 0 aromatic carbocycles. The Balaban J connectivity index is 2.09. The van der Waals surface area contributed by atoms with Gasteiger partial charge in [-0.3, -0.25) is 0 Å². The second kappa shape index (κ2) is 3.75. The summed E-state index contributed by atoms with van der Waals surface area (Å²) >= 11 is 0. The average molecular weight is 217 g/mol. The molecule has 2 aromatic rings. The molecule has 1 aliphatic rings. The molecule has 16 heavy (non-hydrogen) atoms. The van der Waals surface area contributed by atoms with E-state index in [-0.39, 0.29) is 0 Å². The highest BCUT2D eigenvalue weighted by molar-refractivity contribution is 5.79. The molecule has 2 aromatic heterocycles. The lowest BCUT2D eigenvalue weighted by molar-refractivity contribution is 0.457. The third kappa shape index (κ3) is 1.53. The maximum absolute atomic E-state index is 5.81. The van der Waals surface area contributed by atoms with Crippen molar-refractivity contribution in [1.82, 2.24) is 20.3 Å². The van der Waals surface area contributed by atoms with Crippen LogP contribution in [0.4, 0.5) is 5.82 Å². The molecule has 1 saturated heterocycles. The molecule has 5 nitrogen and oxygen atoms in total. The number of imidazole rings is 1. The molecule has 0 spiro atoms. The molecule has 1 fully saturated rings. The van der Waals surface area contributed by atoms with Crippen LogP contribution in [-0.2, 0) is 0 Å². The first-order chi connectivity index (χ1) is 7.84. The number of aromatic amines is 1. The van der Waals surface area contributed by atoms with Crippen molar-refractivity contribution in [3.05, 3.63) is 18.1 Å². The standard InChI is InChI=1S/C11H15N5/c12-9-4-8-11(15-6-14-8)10(16-9)7-2-1-3-13-5-7/h4,6-7,13H,1-3,5H2,(H2,12,16)(H,14,15). The minimum atomic E-state index is 0.433. The predicted molar refractivity (Wildman–Crippen MR) is 63.1 cm³/mol. The van der Waals surface area contributed by atoms with Crippen molar-refractivity contribution in [3.8, 4) is 0 Å². The van der Waals surface area contributed by atoms with Crippen LogP contribution < -0.4 is 11.1 Å². The fourth-order valence-corrected chi connectivity index (χ4v) is 2.36. The Morgan fingerprint density at radius 1 is 1.44 bits per heavy atom. The minimum Gasteiger partial charge on any atom is -0.384 e. The van der Waals surface area contributed by atoms with Crippen LogP contribution >= 0.6 is 0 Å². The first-order valence-electron chi connectivity index (χ1n) is 5.65. The summed E-state index contributed by atoms with van der Waals surface area (Å²) in [4.78, 5) is 11.9. The van der Waals surface area contributed by atoms with Crippen molar-refractivity contribution in [2.75, 3.05) is 18.8 Å². The summed E-state index contributed by atoms with van der Waals surface area (Å²) in [6.45, 7) is 2.07. The van der Waals surface area contributed by atoms with Gasteiger partial charge in [0.2, 0.25) is 0 Å². The number of anilines is 1. The van der Waals surface area contributed by atoms with Crippen molar-refractivity contribution in [3.63, 3.8) is 0 Å². The molecule has 0 bridgehead atoms. The number of fused-ring (bicyclic) bond motifs is 1. The van der Waals surface area contributed by atoms with Crippen molar-refractivity contribution < 1.29 is 0 Å². The van der Waals surface area contributed by atoms with E-state index in [4.69, 9.17) is 5.73 Å². The van der Waals surface area contributed by atoms with Gasteiger partial charge in [0.1, 0.15) is 11.3 Å². The molecule has 3 heterocycles. The van der Waals surface area contributed by atoms with Crippen molar-refractivity contribution in [2.24, 2.45) is 0 Å². The van der Waals surface area contributed by atoms with E-state index in [0.29, 0.717) is 11.7 Å². The maximum atomic E-state index is 5.81. The van der Waals surface area contributed by atoms with E-state index in [0.717, 1.165) is 36.2 Å². The summed E-state index contributed by atoms with van der Waals surface area (Å²) < 4.78 is 0. The number of hydrogen-bond acceptors (Lipinski definition) is 4. The highest BCUT2D eigenvalue weighted by Crippen LogP contribution is 2.27. The Morgan fingerprint density at radius 3 is 3.19 bits per heavy atom. The van der Waals surface area contributed by atoms with Crippen LogP contribution in [0.2, 0.25) is 0 Å². The van der Waals surface area contributed by atoms with Gasteiger partial charge in [0, 0.05) is 18.5 Å². The topological polar surface area (TPSA) is 79.6 Å². The van der Waals surface area contributed by atoms with Crippen molar-refractivity contribution in [2.45, 2.75) is 18.8 Å². The van der Waals surface area contributed by atoms with Gasteiger partial charge < -0.3 is 16.0 Å². The fraction of sp³-hybridized carbons (Fsp3) is 0.455. The second-order valence-electron chi connectivity index (χ2n) is 4.27. The summed E-state index contributed by atoms with van der Waals surface area (Å²) in [5.41, 5.74) is 8.78. The largest absolute Gasteiger partial charge is 0.384 e. The van der Waals surface area contributed by atoms with Crippen LogP contribution in [0.1, 0.15) is 24.5 Å². The molecule has 5 heteroatoms. The number of H-pyrrole nitrogens is 1. The molecule has 0 radical (unpaired) electrons. The number of nitrogens with two attached hydrogens (primary N) is 1. The number of rotatable bonds is 1. The zero-order valence-corrected chi connectivity index (χ0v) is 9.03. The average Bonchev–Trinajstić information content (AvgIpc) is 2.77. The Labute approximate surface area is 93.5 Å². The number of nitrogen functional groups attached to an aromatic ring is 1. The Hall–Kier alpha value is -1.62. The van der Waals surface area contributed by atoms with Gasteiger partial charge in [0.25, 0.3) is 0 Å². The van der Waals surface area contributed by atoms with E-state index >= 15 is 0 Å². The van der Waals surface area contributed by atoms with Gasteiger partial charge >= 0.3 is 0 Å². The van der Waals surface area contributed by atoms with Gasteiger partial charge in [-0.05, 0) is 19.4 Å². The summed E-state index contributed by atoms with van der Waals surface area (Å²) in [5.74, 6) is 1.00. The zero-order valence-electron chi connectivity index (χ0n) is 9.03. The molecule has 0 amide bonds. The zero-order chi connectivity index (χ0) is 11.0. The van der Waals surface area contributed by atoms with Crippen LogP contribution in [0.25, 0.3) is 11.0 Å². The lowest BCUT2D eigenvalue weighted by atomic mass is 9.95. The van der Waals surface area contributed by atoms with Crippen LogP contribution in [0, 0.1) is 0 Å². The van der Waals surface area contributed by atoms with Crippen molar-refractivity contribution >= 4 is 16.9 Å². The molecule has 4 N–H and O–H groups in total. The van der Waals surface area contributed by atoms with Gasteiger partial charge in [-0.25, -0.2) is 9.97 Å². The third-order valence-corrected chi connectivity index (χ3v) is 3.14. The lowest BCUT2D eigenvalue weighted by Crippen LogP contribution is -2.29. The Bertz CT molecular complexity index is 498. The number of aromatic nitrogens is 3. The molecule has 1 unspecified atom stereocenters. The van der Waals surface area contributed by atoms with Crippen LogP contribution in [0.15, 0.2) is 12.4 Å². The predicted octanol–water partition coefficient (Wildman–Crippen LogP) is 1.01. The number of pyridine rings is 1. The second-order valence-corrected chi connectivity index (χ2v) is 4.27. The van der Waals surface area contributed by atoms with Crippen LogP contribution in [0.3, 0.4) is 0 Å². The van der Waals surface area contributed by atoms with Gasteiger partial charge in [-0.2, -0.15) is 0 Å². The number of hydrogen-bond donors (Lipinski definition) is 3. The molecular weight excluding hydrogens is 202 g/mol. The molecular formula is C11H15N5. The van der Waals surface area contributed by atoms with Crippen LogP contribution in [-0.4, -0.2) is 28.0 Å². The molecule has 0 saturated carbocycles.